The van der Waals surface area contributed by atoms with Gasteiger partial charge in [0.05, 0.1) is 25.4 Å². The lowest BCUT2D eigenvalue weighted by Crippen LogP contribution is -2.39. The summed E-state index contributed by atoms with van der Waals surface area (Å²) in [7, 11) is 0. The molecule has 0 bridgehead atoms. The molecule has 1 heterocycles. The van der Waals surface area contributed by atoms with Crippen LogP contribution in [0.1, 0.15) is 60.6 Å². The van der Waals surface area contributed by atoms with E-state index in [1.807, 2.05) is 26.0 Å². The number of aliphatic hydroxyl groups excluding tert-OH is 1. The van der Waals surface area contributed by atoms with E-state index in [1.165, 1.54) is 17.7 Å². The predicted molar refractivity (Wildman–Crippen MR) is 142 cm³/mol. The minimum absolute atomic E-state index is 0.122. The molecule has 0 unspecified atom stereocenters. The topological polar surface area (TPSA) is 59.0 Å². The summed E-state index contributed by atoms with van der Waals surface area (Å²) in [5.74, 6) is -0.798. The molecule has 196 valence electrons. The van der Waals surface area contributed by atoms with Crippen molar-refractivity contribution in [2.75, 3.05) is 26.3 Å². The van der Waals surface area contributed by atoms with E-state index in [0.29, 0.717) is 29.3 Å². The second-order valence-electron chi connectivity index (χ2n) is 9.52. The van der Waals surface area contributed by atoms with Crippen LogP contribution in [-0.2, 0) is 20.7 Å². The molecule has 1 aliphatic heterocycles. The second-order valence-corrected chi connectivity index (χ2v) is 9.93. The molecule has 1 fully saturated rings. The summed E-state index contributed by atoms with van der Waals surface area (Å²) in [6.07, 6.45) is 4.85. The first-order valence-corrected chi connectivity index (χ1v) is 13.0. The smallest absolute Gasteiger partial charge is 0.330 e. The average Bonchev–Trinajstić information content (AvgIpc) is 3.26. The molecule has 1 aliphatic rings. The van der Waals surface area contributed by atoms with E-state index in [1.54, 1.807) is 26.0 Å². The SMILES string of the molecule is CCOC(=O)C=Cc1cc(C)c(F)cc1[C@@H](C)OC[C@H](O)CN1CCC[C@H]1Cc1ccc(C)c(Cl)c1. The Hall–Kier alpha value is -2.25. The number of benzene rings is 2. The summed E-state index contributed by atoms with van der Waals surface area (Å²) in [6, 6.07) is 9.66. The third-order valence-electron chi connectivity index (χ3n) is 6.68. The van der Waals surface area contributed by atoms with Gasteiger partial charge < -0.3 is 14.6 Å². The summed E-state index contributed by atoms with van der Waals surface area (Å²) in [6.45, 7) is 9.08. The number of aryl methyl sites for hydroxylation is 2. The van der Waals surface area contributed by atoms with Gasteiger partial charge in [-0.05, 0) is 106 Å². The maximum atomic E-state index is 14.3. The van der Waals surface area contributed by atoms with Gasteiger partial charge in [-0.25, -0.2) is 9.18 Å². The van der Waals surface area contributed by atoms with E-state index in [4.69, 9.17) is 21.1 Å². The number of nitrogens with zero attached hydrogens (tertiary/aromatic N) is 1. The number of hydrogen-bond acceptors (Lipinski definition) is 5. The van der Waals surface area contributed by atoms with E-state index < -0.39 is 18.2 Å². The highest BCUT2D eigenvalue weighted by Crippen LogP contribution is 2.27. The first kappa shape index (κ1) is 28.3. The molecule has 0 saturated carbocycles. The third-order valence-corrected chi connectivity index (χ3v) is 7.09. The summed E-state index contributed by atoms with van der Waals surface area (Å²) >= 11 is 6.30. The number of β-amino-alcohol motifs (C(OH)–C–C–N with tert-alkyl or cyclic N) is 1. The number of halogens is 2. The lowest BCUT2D eigenvalue weighted by Gasteiger charge is -2.28. The highest BCUT2D eigenvalue weighted by molar-refractivity contribution is 6.31. The third kappa shape index (κ3) is 7.87. The fraction of sp³-hybridized carbons (Fsp3) is 0.483. The predicted octanol–water partition coefficient (Wildman–Crippen LogP) is 5.82. The number of carbonyl (C=O) groups excluding carboxylic acids is 1. The van der Waals surface area contributed by atoms with E-state index in [9.17, 15) is 14.3 Å². The largest absolute Gasteiger partial charge is 0.463 e. The lowest BCUT2D eigenvalue weighted by molar-refractivity contribution is -0.137. The van der Waals surface area contributed by atoms with Crippen molar-refractivity contribution < 1.29 is 23.8 Å². The molecule has 0 radical (unpaired) electrons. The molecule has 2 aromatic rings. The van der Waals surface area contributed by atoms with Crippen molar-refractivity contribution in [2.24, 2.45) is 0 Å². The van der Waals surface area contributed by atoms with Gasteiger partial charge in [0, 0.05) is 23.7 Å². The van der Waals surface area contributed by atoms with Gasteiger partial charge in [-0.15, -0.1) is 0 Å². The number of carbonyl (C=O) groups is 1. The Bertz CT molecular complexity index is 1070. The Morgan fingerprint density at radius 2 is 2.06 bits per heavy atom. The number of esters is 1. The van der Waals surface area contributed by atoms with Crippen molar-refractivity contribution in [1.29, 1.82) is 0 Å². The molecule has 3 atom stereocenters. The molecule has 7 heteroatoms. The Balaban J connectivity index is 1.59. The molecule has 1 saturated heterocycles. The van der Waals surface area contributed by atoms with Crippen molar-refractivity contribution >= 4 is 23.6 Å². The monoisotopic (exact) mass is 517 g/mol. The molecular formula is C29H37ClFNO4. The Labute approximate surface area is 218 Å². The Kier molecular flexibility index (Phi) is 10.5. The molecule has 2 aromatic carbocycles. The normalized spacial score (nSPS) is 18.0. The number of rotatable bonds is 11. The van der Waals surface area contributed by atoms with E-state index in [-0.39, 0.29) is 19.0 Å². The van der Waals surface area contributed by atoms with E-state index in [0.717, 1.165) is 36.4 Å². The Morgan fingerprint density at radius 3 is 2.78 bits per heavy atom. The zero-order chi connectivity index (χ0) is 26.2. The first-order chi connectivity index (χ1) is 17.2. The zero-order valence-electron chi connectivity index (χ0n) is 21.6. The maximum Gasteiger partial charge on any atom is 0.330 e. The van der Waals surface area contributed by atoms with Crippen molar-refractivity contribution in [3.05, 3.63) is 75.1 Å². The molecule has 0 spiro atoms. The van der Waals surface area contributed by atoms with E-state index >= 15 is 0 Å². The van der Waals surface area contributed by atoms with Crippen LogP contribution in [0.3, 0.4) is 0 Å². The van der Waals surface area contributed by atoms with Gasteiger partial charge in [0.2, 0.25) is 0 Å². The van der Waals surface area contributed by atoms with Crippen LogP contribution in [-0.4, -0.2) is 54.4 Å². The zero-order valence-corrected chi connectivity index (χ0v) is 22.4. The average molecular weight is 518 g/mol. The second kappa shape index (κ2) is 13.3. The van der Waals surface area contributed by atoms with Crippen molar-refractivity contribution in [1.82, 2.24) is 4.90 Å². The van der Waals surface area contributed by atoms with Crippen LogP contribution < -0.4 is 0 Å². The summed E-state index contributed by atoms with van der Waals surface area (Å²) < 4.78 is 25.2. The van der Waals surface area contributed by atoms with Gasteiger partial charge in [0.1, 0.15) is 5.82 Å². The Morgan fingerprint density at radius 1 is 1.28 bits per heavy atom. The minimum Gasteiger partial charge on any atom is -0.463 e. The number of hydrogen-bond donors (Lipinski definition) is 1. The van der Waals surface area contributed by atoms with Crippen molar-refractivity contribution in [3.8, 4) is 0 Å². The molecular weight excluding hydrogens is 481 g/mol. The lowest BCUT2D eigenvalue weighted by atomic mass is 9.99. The van der Waals surface area contributed by atoms with Crippen LogP contribution in [0.25, 0.3) is 6.08 Å². The fourth-order valence-electron chi connectivity index (χ4n) is 4.63. The highest BCUT2D eigenvalue weighted by Gasteiger charge is 2.27. The van der Waals surface area contributed by atoms with Gasteiger partial charge in [0.15, 0.2) is 0 Å². The minimum atomic E-state index is -0.677. The first-order valence-electron chi connectivity index (χ1n) is 12.6. The standard InChI is InChI=1S/C29H37ClFNO4/c1-5-35-29(34)11-10-23-13-20(3)28(31)16-26(23)21(4)36-18-25(33)17-32-12-6-7-24(32)14-22-9-8-19(2)27(30)15-22/h8-11,13,15-16,21,24-25,33H,5-7,12,14,17-18H2,1-4H3/t21-,24+,25-/m1/s1. The number of ether oxygens (including phenoxy) is 2. The maximum absolute atomic E-state index is 14.3. The van der Waals surface area contributed by atoms with Gasteiger partial charge in [-0.1, -0.05) is 23.7 Å². The number of aliphatic hydroxyl groups is 1. The van der Waals surface area contributed by atoms with Crippen molar-refractivity contribution in [2.45, 2.75) is 65.2 Å². The van der Waals surface area contributed by atoms with Gasteiger partial charge in [-0.3, -0.25) is 4.90 Å². The summed E-state index contributed by atoms with van der Waals surface area (Å²) in [4.78, 5) is 14.1. The quantitative estimate of drug-likeness (QED) is 0.301. The molecule has 36 heavy (non-hydrogen) atoms. The van der Waals surface area contributed by atoms with Crippen LogP contribution in [0.5, 0.6) is 0 Å². The molecule has 3 rings (SSSR count). The molecule has 0 aromatic heterocycles. The highest BCUT2D eigenvalue weighted by atomic mass is 35.5. The fourth-order valence-corrected chi connectivity index (χ4v) is 4.84. The van der Waals surface area contributed by atoms with E-state index in [2.05, 4.69) is 11.0 Å². The van der Waals surface area contributed by atoms with Gasteiger partial charge >= 0.3 is 5.97 Å². The van der Waals surface area contributed by atoms with Crippen molar-refractivity contribution in [3.63, 3.8) is 0 Å². The summed E-state index contributed by atoms with van der Waals surface area (Å²) in [5.41, 5.74) is 4.04. The van der Waals surface area contributed by atoms with Gasteiger partial charge in [0.25, 0.3) is 0 Å². The van der Waals surface area contributed by atoms with Crippen LogP contribution in [0.15, 0.2) is 36.4 Å². The molecule has 0 aliphatic carbocycles. The summed E-state index contributed by atoms with van der Waals surface area (Å²) in [5, 5.41) is 11.5. The van der Waals surface area contributed by atoms with Crippen LogP contribution in [0.2, 0.25) is 5.02 Å². The molecule has 5 nitrogen and oxygen atoms in total. The van der Waals surface area contributed by atoms with Crippen LogP contribution in [0.4, 0.5) is 4.39 Å². The van der Waals surface area contributed by atoms with Gasteiger partial charge in [-0.2, -0.15) is 0 Å². The van der Waals surface area contributed by atoms with Crippen LogP contribution in [0, 0.1) is 19.7 Å². The van der Waals surface area contributed by atoms with Crippen LogP contribution >= 0.6 is 11.6 Å². The number of likely N-dealkylation sites (tertiary alicyclic amines) is 1. The molecule has 0 amide bonds. The molecule has 1 N–H and O–H groups in total.